The highest BCUT2D eigenvalue weighted by molar-refractivity contribution is 7.91. The van der Waals surface area contributed by atoms with Crippen molar-refractivity contribution in [3.63, 3.8) is 0 Å². The summed E-state index contributed by atoms with van der Waals surface area (Å²) in [5.41, 5.74) is 0.793. The molecule has 3 aromatic rings. The van der Waals surface area contributed by atoms with E-state index in [-0.39, 0.29) is 40.5 Å². The molecule has 0 radical (unpaired) electrons. The number of anilines is 1. The number of piperazine rings is 1. The van der Waals surface area contributed by atoms with Crippen molar-refractivity contribution >= 4 is 37.1 Å². The van der Waals surface area contributed by atoms with E-state index in [0.717, 1.165) is 5.69 Å². The van der Waals surface area contributed by atoms with Gasteiger partial charge in [-0.2, -0.15) is 8.61 Å². The number of phenols is 1. The number of aromatic hydroxyl groups is 1. The Kier molecular flexibility index (Phi) is 7.53. The molecule has 1 fully saturated rings. The second kappa shape index (κ2) is 10.3. The standard InChI is InChI=1S/C24H29N3O5S3/c1-19(2)27(34(29,30)23-7-4-3-5-8-23)18-21-17-25(35(31,32)24-9-6-16-33-24)14-15-26(21)20-10-12-22(28)13-11-20/h3-13,16,19,21,28H,14-15,17-18H2,1-2H3/t21-/m1/s1. The van der Waals surface area contributed by atoms with Gasteiger partial charge >= 0.3 is 0 Å². The van der Waals surface area contributed by atoms with Gasteiger partial charge in [-0.25, -0.2) is 16.8 Å². The summed E-state index contributed by atoms with van der Waals surface area (Å²) in [6.07, 6.45) is 0. The zero-order valence-electron chi connectivity index (χ0n) is 19.6. The van der Waals surface area contributed by atoms with Crippen molar-refractivity contribution in [3.8, 4) is 5.75 Å². The molecule has 1 N–H and O–H groups in total. The number of hydrogen-bond acceptors (Lipinski definition) is 7. The van der Waals surface area contributed by atoms with Crippen molar-refractivity contribution in [2.24, 2.45) is 0 Å². The largest absolute Gasteiger partial charge is 0.508 e. The van der Waals surface area contributed by atoms with Gasteiger partial charge in [0.2, 0.25) is 10.0 Å². The molecule has 1 aliphatic heterocycles. The minimum Gasteiger partial charge on any atom is -0.508 e. The van der Waals surface area contributed by atoms with Gasteiger partial charge in [0.1, 0.15) is 9.96 Å². The number of phenolic OH excluding ortho intramolecular Hbond substituents is 1. The van der Waals surface area contributed by atoms with E-state index in [1.54, 1.807) is 72.1 Å². The third-order valence-electron chi connectivity index (χ3n) is 6.03. The highest BCUT2D eigenvalue weighted by Crippen LogP contribution is 2.29. The van der Waals surface area contributed by atoms with Crippen LogP contribution in [0.25, 0.3) is 0 Å². The molecule has 0 spiro atoms. The van der Waals surface area contributed by atoms with E-state index in [0.29, 0.717) is 6.54 Å². The summed E-state index contributed by atoms with van der Waals surface area (Å²) in [6, 6.07) is 17.4. The summed E-state index contributed by atoms with van der Waals surface area (Å²) >= 11 is 1.17. The fraction of sp³-hybridized carbons (Fsp3) is 0.333. The quantitative estimate of drug-likeness (QED) is 0.475. The van der Waals surface area contributed by atoms with Crippen molar-refractivity contribution in [1.82, 2.24) is 8.61 Å². The Bertz CT molecular complexity index is 1330. The zero-order valence-corrected chi connectivity index (χ0v) is 22.0. The van der Waals surface area contributed by atoms with Gasteiger partial charge in [0, 0.05) is 37.9 Å². The van der Waals surface area contributed by atoms with Crippen LogP contribution in [0.3, 0.4) is 0 Å². The number of benzene rings is 2. The summed E-state index contributed by atoms with van der Waals surface area (Å²) < 4.78 is 56.8. The molecule has 2 heterocycles. The first-order valence-electron chi connectivity index (χ1n) is 11.3. The summed E-state index contributed by atoms with van der Waals surface area (Å²) in [6.45, 7) is 4.52. The first-order chi connectivity index (χ1) is 16.6. The Hall–Kier alpha value is -2.44. The van der Waals surface area contributed by atoms with Crippen LogP contribution in [-0.4, -0.2) is 68.8 Å². The van der Waals surface area contributed by atoms with E-state index in [1.165, 1.54) is 19.9 Å². The first-order valence-corrected chi connectivity index (χ1v) is 15.0. The van der Waals surface area contributed by atoms with Gasteiger partial charge in [-0.15, -0.1) is 11.3 Å². The van der Waals surface area contributed by atoms with Crippen LogP contribution in [0.5, 0.6) is 5.75 Å². The smallest absolute Gasteiger partial charge is 0.252 e. The Morgan fingerprint density at radius 1 is 0.971 bits per heavy atom. The maximum absolute atomic E-state index is 13.5. The molecule has 2 aromatic carbocycles. The van der Waals surface area contributed by atoms with Crippen LogP contribution in [-0.2, 0) is 20.0 Å². The maximum atomic E-state index is 13.5. The van der Waals surface area contributed by atoms with Crippen LogP contribution < -0.4 is 4.90 Å². The fourth-order valence-corrected chi connectivity index (χ4v) is 8.55. The minimum absolute atomic E-state index is 0.103. The van der Waals surface area contributed by atoms with Gasteiger partial charge in [-0.3, -0.25) is 0 Å². The van der Waals surface area contributed by atoms with Gasteiger partial charge in [0.05, 0.1) is 10.9 Å². The normalized spacial score (nSPS) is 17.8. The molecule has 1 aliphatic rings. The maximum Gasteiger partial charge on any atom is 0.252 e. The average Bonchev–Trinajstić information content (AvgIpc) is 3.39. The highest BCUT2D eigenvalue weighted by Gasteiger charge is 2.38. The van der Waals surface area contributed by atoms with E-state index in [1.807, 2.05) is 18.7 Å². The Labute approximate surface area is 211 Å². The first kappa shape index (κ1) is 25.6. The fourth-order valence-electron chi connectivity index (χ4n) is 4.24. The van der Waals surface area contributed by atoms with E-state index >= 15 is 0 Å². The van der Waals surface area contributed by atoms with E-state index in [4.69, 9.17) is 0 Å². The van der Waals surface area contributed by atoms with Crippen LogP contribution in [0, 0.1) is 0 Å². The van der Waals surface area contributed by atoms with E-state index in [2.05, 4.69) is 0 Å². The number of hydrogen-bond donors (Lipinski definition) is 1. The Balaban J connectivity index is 1.69. The van der Waals surface area contributed by atoms with Crippen LogP contribution >= 0.6 is 11.3 Å². The summed E-state index contributed by atoms with van der Waals surface area (Å²) in [5, 5.41) is 11.5. The molecule has 1 saturated heterocycles. The van der Waals surface area contributed by atoms with Gasteiger partial charge in [0.25, 0.3) is 10.0 Å². The van der Waals surface area contributed by atoms with E-state index in [9.17, 15) is 21.9 Å². The third-order valence-corrected chi connectivity index (χ3v) is 11.3. The lowest BCUT2D eigenvalue weighted by molar-refractivity contribution is 0.270. The predicted molar refractivity (Wildman–Crippen MR) is 138 cm³/mol. The van der Waals surface area contributed by atoms with Gasteiger partial charge in [-0.05, 0) is 61.7 Å². The molecule has 1 atom stereocenters. The summed E-state index contributed by atoms with van der Waals surface area (Å²) in [7, 11) is -7.50. The van der Waals surface area contributed by atoms with Crippen LogP contribution in [0.4, 0.5) is 5.69 Å². The van der Waals surface area contributed by atoms with Crippen molar-refractivity contribution in [2.45, 2.75) is 35.0 Å². The molecule has 0 aliphatic carbocycles. The number of nitrogens with zero attached hydrogens (tertiary/aromatic N) is 3. The van der Waals surface area contributed by atoms with Crippen molar-refractivity contribution < 1.29 is 21.9 Å². The minimum atomic E-state index is -3.81. The Morgan fingerprint density at radius 3 is 2.26 bits per heavy atom. The second-order valence-corrected chi connectivity index (χ2v) is 13.6. The predicted octanol–water partition coefficient (Wildman–Crippen LogP) is 3.43. The topological polar surface area (TPSA) is 98.2 Å². The molecule has 0 amide bonds. The lowest BCUT2D eigenvalue weighted by atomic mass is 10.1. The molecule has 35 heavy (non-hydrogen) atoms. The Morgan fingerprint density at radius 2 is 1.66 bits per heavy atom. The molecule has 11 heteroatoms. The molecule has 4 rings (SSSR count). The van der Waals surface area contributed by atoms with Crippen LogP contribution in [0.15, 0.2) is 81.2 Å². The summed E-state index contributed by atoms with van der Waals surface area (Å²) in [4.78, 5) is 2.22. The third kappa shape index (κ3) is 5.39. The molecular formula is C24H29N3O5S3. The lowest BCUT2D eigenvalue weighted by Gasteiger charge is -2.44. The van der Waals surface area contributed by atoms with Crippen LogP contribution in [0.2, 0.25) is 0 Å². The van der Waals surface area contributed by atoms with Gasteiger partial charge in [-0.1, -0.05) is 24.3 Å². The number of rotatable bonds is 8. The number of sulfonamides is 2. The average molecular weight is 536 g/mol. The molecule has 0 unspecified atom stereocenters. The molecule has 8 nitrogen and oxygen atoms in total. The molecule has 1 aromatic heterocycles. The van der Waals surface area contributed by atoms with Gasteiger partial charge < -0.3 is 10.0 Å². The molecule has 188 valence electrons. The van der Waals surface area contributed by atoms with Crippen molar-refractivity contribution in [2.75, 3.05) is 31.1 Å². The summed E-state index contributed by atoms with van der Waals surface area (Å²) in [5.74, 6) is 0.125. The van der Waals surface area contributed by atoms with Crippen LogP contribution in [0.1, 0.15) is 13.8 Å². The second-order valence-electron chi connectivity index (χ2n) is 8.64. The zero-order chi connectivity index (χ0) is 25.2. The molecular weight excluding hydrogens is 506 g/mol. The monoisotopic (exact) mass is 535 g/mol. The lowest BCUT2D eigenvalue weighted by Crippen LogP contribution is -2.59. The molecule has 0 bridgehead atoms. The van der Waals surface area contributed by atoms with Gasteiger partial charge in [0.15, 0.2) is 0 Å². The SMILES string of the molecule is CC(C)N(C[C@H]1CN(S(=O)(=O)c2cccs2)CCN1c1ccc(O)cc1)S(=O)(=O)c1ccccc1. The highest BCUT2D eigenvalue weighted by atomic mass is 32.2. The van der Waals surface area contributed by atoms with Crippen molar-refractivity contribution in [1.29, 1.82) is 0 Å². The molecule has 0 saturated carbocycles. The number of thiophene rings is 1. The van der Waals surface area contributed by atoms with Crippen molar-refractivity contribution in [3.05, 3.63) is 72.1 Å². The van der Waals surface area contributed by atoms with E-state index < -0.39 is 26.1 Å².